The summed E-state index contributed by atoms with van der Waals surface area (Å²) in [6.45, 7) is 0.723. The maximum atomic E-state index is 13.2. The van der Waals surface area contributed by atoms with E-state index in [1.807, 2.05) is 42.5 Å². The Morgan fingerprint density at radius 2 is 1.67 bits per heavy atom. The molecule has 0 atom stereocenters. The molecule has 4 rings (SSSR count). The number of carbonyl (C=O) groups is 1. The number of anilines is 1. The number of nitrogens with zero attached hydrogens (tertiary/aromatic N) is 1. The van der Waals surface area contributed by atoms with Crippen LogP contribution in [0.5, 0.6) is 5.75 Å². The van der Waals surface area contributed by atoms with E-state index in [0.29, 0.717) is 17.9 Å². The van der Waals surface area contributed by atoms with Crippen molar-refractivity contribution in [2.75, 3.05) is 11.9 Å². The SMILES string of the molecule is O=C(NCc1cncc(F)c1)Nc1ccc(OCCc2ccccc2-c2ccccc2)cc1. The van der Waals surface area contributed by atoms with Gasteiger partial charge in [0.2, 0.25) is 0 Å². The van der Waals surface area contributed by atoms with E-state index in [2.05, 4.69) is 39.9 Å². The van der Waals surface area contributed by atoms with Gasteiger partial charge in [0.25, 0.3) is 0 Å². The number of carbonyl (C=O) groups excluding carboxylic acids is 1. The van der Waals surface area contributed by atoms with Crippen LogP contribution in [-0.2, 0) is 13.0 Å². The van der Waals surface area contributed by atoms with Gasteiger partial charge in [-0.2, -0.15) is 0 Å². The second kappa shape index (κ2) is 10.9. The third-order valence-electron chi connectivity index (χ3n) is 5.07. The Morgan fingerprint density at radius 1 is 0.909 bits per heavy atom. The number of halogens is 1. The summed E-state index contributed by atoms with van der Waals surface area (Å²) in [5.41, 5.74) is 4.85. The van der Waals surface area contributed by atoms with E-state index in [4.69, 9.17) is 4.74 Å². The van der Waals surface area contributed by atoms with E-state index < -0.39 is 5.82 Å². The first-order valence-corrected chi connectivity index (χ1v) is 10.7. The molecule has 0 aliphatic heterocycles. The number of rotatable bonds is 8. The van der Waals surface area contributed by atoms with Crippen LogP contribution in [0.3, 0.4) is 0 Å². The summed E-state index contributed by atoms with van der Waals surface area (Å²) in [7, 11) is 0. The van der Waals surface area contributed by atoms with Crippen molar-refractivity contribution in [2.24, 2.45) is 0 Å². The first-order chi connectivity index (χ1) is 16.2. The van der Waals surface area contributed by atoms with Gasteiger partial charge in [-0.15, -0.1) is 0 Å². The Labute approximate surface area is 192 Å². The van der Waals surface area contributed by atoms with Gasteiger partial charge in [0.1, 0.15) is 11.6 Å². The number of benzene rings is 3. The highest BCUT2D eigenvalue weighted by atomic mass is 19.1. The number of urea groups is 1. The molecule has 0 aliphatic rings. The third-order valence-corrected chi connectivity index (χ3v) is 5.07. The number of pyridine rings is 1. The Hall–Kier alpha value is -4.19. The number of nitrogens with one attached hydrogen (secondary N) is 2. The highest BCUT2D eigenvalue weighted by Crippen LogP contribution is 2.24. The van der Waals surface area contributed by atoms with Crippen LogP contribution in [-0.4, -0.2) is 17.6 Å². The van der Waals surface area contributed by atoms with Crippen LogP contribution < -0.4 is 15.4 Å². The van der Waals surface area contributed by atoms with Crippen LogP contribution in [0.15, 0.2) is 97.3 Å². The van der Waals surface area contributed by atoms with E-state index in [-0.39, 0.29) is 12.6 Å². The minimum absolute atomic E-state index is 0.183. The molecule has 0 saturated carbocycles. The first kappa shape index (κ1) is 22.0. The zero-order valence-electron chi connectivity index (χ0n) is 18.0. The summed E-state index contributed by atoms with van der Waals surface area (Å²) < 4.78 is 19.1. The average molecular weight is 442 g/mol. The summed E-state index contributed by atoms with van der Waals surface area (Å²) in [4.78, 5) is 15.8. The molecule has 0 saturated heterocycles. The molecule has 6 heteroatoms. The number of amides is 2. The van der Waals surface area contributed by atoms with Crippen molar-refractivity contribution < 1.29 is 13.9 Å². The highest BCUT2D eigenvalue weighted by molar-refractivity contribution is 5.89. The number of aromatic nitrogens is 1. The first-order valence-electron chi connectivity index (χ1n) is 10.7. The summed E-state index contributed by atoms with van der Waals surface area (Å²) in [6.07, 6.45) is 3.41. The Kier molecular flexibility index (Phi) is 7.28. The van der Waals surface area contributed by atoms with Gasteiger partial charge in [-0.25, -0.2) is 9.18 Å². The summed E-state index contributed by atoms with van der Waals surface area (Å²) >= 11 is 0. The van der Waals surface area contributed by atoms with Crippen molar-refractivity contribution in [3.63, 3.8) is 0 Å². The van der Waals surface area contributed by atoms with Gasteiger partial charge in [-0.05, 0) is 52.6 Å². The van der Waals surface area contributed by atoms with Gasteiger partial charge in [-0.1, -0.05) is 54.6 Å². The average Bonchev–Trinajstić information content (AvgIpc) is 2.85. The van der Waals surface area contributed by atoms with Crippen LogP contribution in [0.25, 0.3) is 11.1 Å². The van der Waals surface area contributed by atoms with Gasteiger partial charge < -0.3 is 15.4 Å². The van der Waals surface area contributed by atoms with Gasteiger partial charge >= 0.3 is 6.03 Å². The quantitative estimate of drug-likeness (QED) is 0.362. The molecule has 33 heavy (non-hydrogen) atoms. The molecule has 0 unspecified atom stereocenters. The monoisotopic (exact) mass is 441 g/mol. The van der Waals surface area contributed by atoms with Gasteiger partial charge in [0.15, 0.2) is 0 Å². The van der Waals surface area contributed by atoms with Crippen LogP contribution >= 0.6 is 0 Å². The molecule has 0 radical (unpaired) electrons. The van der Waals surface area contributed by atoms with Crippen LogP contribution in [0, 0.1) is 5.82 Å². The molecule has 3 aromatic carbocycles. The minimum atomic E-state index is -0.436. The molecule has 0 aliphatic carbocycles. The molecule has 1 heterocycles. The van der Waals surface area contributed by atoms with E-state index in [9.17, 15) is 9.18 Å². The van der Waals surface area contributed by atoms with Crippen molar-refractivity contribution in [1.29, 1.82) is 0 Å². The molecular formula is C27H24FN3O2. The molecule has 166 valence electrons. The van der Waals surface area contributed by atoms with Crippen molar-refractivity contribution in [2.45, 2.75) is 13.0 Å². The minimum Gasteiger partial charge on any atom is -0.493 e. The van der Waals surface area contributed by atoms with Gasteiger partial charge in [-0.3, -0.25) is 4.98 Å². The largest absolute Gasteiger partial charge is 0.493 e. The highest BCUT2D eigenvalue weighted by Gasteiger charge is 2.06. The Morgan fingerprint density at radius 3 is 2.45 bits per heavy atom. The fourth-order valence-corrected chi connectivity index (χ4v) is 3.46. The van der Waals surface area contributed by atoms with Crippen molar-refractivity contribution >= 4 is 11.7 Å². The second-order valence-corrected chi connectivity index (χ2v) is 7.47. The topological polar surface area (TPSA) is 63.2 Å². The second-order valence-electron chi connectivity index (χ2n) is 7.47. The number of ether oxygens (including phenoxy) is 1. The summed E-state index contributed by atoms with van der Waals surface area (Å²) in [6, 6.07) is 26.8. The molecule has 5 nitrogen and oxygen atoms in total. The van der Waals surface area contributed by atoms with Crippen LogP contribution in [0.2, 0.25) is 0 Å². The van der Waals surface area contributed by atoms with Gasteiger partial charge in [0, 0.05) is 24.8 Å². The predicted octanol–water partition coefficient (Wildman–Crippen LogP) is 5.83. The molecule has 0 spiro atoms. The molecule has 2 amide bonds. The molecule has 0 fully saturated rings. The van der Waals surface area contributed by atoms with E-state index in [1.165, 1.54) is 29.0 Å². The van der Waals surface area contributed by atoms with Crippen molar-refractivity contribution in [3.8, 4) is 16.9 Å². The molecular weight excluding hydrogens is 417 g/mol. The standard InChI is InChI=1S/C27H24FN3O2/c28-23-16-20(17-29-19-23)18-30-27(32)31-24-10-12-25(13-11-24)33-15-14-22-8-4-5-9-26(22)21-6-2-1-3-7-21/h1-13,16-17,19H,14-15,18H2,(H2,30,31,32). The smallest absolute Gasteiger partial charge is 0.319 e. The van der Waals surface area contributed by atoms with Crippen LogP contribution in [0.1, 0.15) is 11.1 Å². The zero-order chi connectivity index (χ0) is 22.9. The van der Waals surface area contributed by atoms with Crippen molar-refractivity contribution in [1.82, 2.24) is 10.3 Å². The zero-order valence-corrected chi connectivity index (χ0v) is 18.0. The molecule has 2 N–H and O–H groups in total. The normalized spacial score (nSPS) is 10.5. The lowest BCUT2D eigenvalue weighted by atomic mass is 9.98. The van der Waals surface area contributed by atoms with E-state index in [1.54, 1.807) is 12.1 Å². The third kappa shape index (κ3) is 6.40. The molecule has 1 aromatic heterocycles. The number of hydrogen-bond donors (Lipinski definition) is 2. The van der Waals surface area contributed by atoms with Gasteiger partial charge in [0.05, 0.1) is 12.8 Å². The maximum Gasteiger partial charge on any atom is 0.319 e. The summed E-state index contributed by atoms with van der Waals surface area (Å²) in [5.74, 6) is 0.290. The summed E-state index contributed by atoms with van der Waals surface area (Å²) in [5, 5.41) is 5.41. The fraction of sp³-hybridized carbons (Fsp3) is 0.111. The Bertz CT molecular complexity index is 1200. The fourth-order valence-electron chi connectivity index (χ4n) is 3.46. The van der Waals surface area contributed by atoms with Crippen molar-refractivity contribution in [3.05, 3.63) is 114 Å². The maximum absolute atomic E-state index is 13.2. The molecule has 0 bridgehead atoms. The van der Waals surface area contributed by atoms with E-state index in [0.717, 1.165) is 18.4 Å². The lowest BCUT2D eigenvalue weighted by Gasteiger charge is -2.12. The lowest BCUT2D eigenvalue weighted by molar-refractivity contribution is 0.251. The molecule has 4 aromatic rings. The Balaban J connectivity index is 1.26. The predicted molar refractivity (Wildman–Crippen MR) is 128 cm³/mol. The van der Waals surface area contributed by atoms with Crippen LogP contribution in [0.4, 0.5) is 14.9 Å². The van der Waals surface area contributed by atoms with E-state index >= 15 is 0 Å². The lowest BCUT2D eigenvalue weighted by Crippen LogP contribution is -2.28. The number of hydrogen-bond acceptors (Lipinski definition) is 3.